The molecule has 2 aromatic heterocycles. The summed E-state index contributed by atoms with van der Waals surface area (Å²) in [7, 11) is 0. The number of rotatable bonds is 2. The van der Waals surface area contributed by atoms with Gasteiger partial charge in [0.2, 0.25) is 0 Å². The second-order valence-electron chi connectivity index (χ2n) is 3.76. The van der Waals surface area contributed by atoms with Gasteiger partial charge in [0.05, 0.1) is 11.9 Å². The molecule has 88 valence electrons. The van der Waals surface area contributed by atoms with Crippen molar-refractivity contribution in [2.45, 2.75) is 0 Å². The summed E-state index contributed by atoms with van der Waals surface area (Å²) in [5.74, 6) is -0.341. The lowest BCUT2D eigenvalue weighted by Gasteiger charge is -1.97. The highest BCUT2D eigenvalue weighted by Crippen LogP contribution is 2.29. The molecule has 0 spiro atoms. The number of hydrogen-bond donors (Lipinski definition) is 0. The Labute approximate surface area is 108 Å². The first-order chi connectivity index (χ1) is 8.84. The van der Waals surface area contributed by atoms with Gasteiger partial charge in [-0.3, -0.25) is 4.98 Å². The van der Waals surface area contributed by atoms with Crippen molar-refractivity contribution in [2.75, 3.05) is 0 Å². The van der Waals surface area contributed by atoms with Crippen molar-refractivity contribution >= 4 is 11.3 Å². The Bertz CT molecular complexity index is 664. The van der Waals surface area contributed by atoms with Crippen LogP contribution < -0.4 is 0 Å². The van der Waals surface area contributed by atoms with E-state index in [1.165, 1.54) is 17.5 Å². The van der Waals surface area contributed by atoms with Crippen LogP contribution in [0.25, 0.3) is 21.8 Å². The van der Waals surface area contributed by atoms with Gasteiger partial charge in [-0.2, -0.15) is 0 Å². The quantitative estimate of drug-likeness (QED) is 0.692. The molecule has 0 N–H and O–H groups in total. The van der Waals surface area contributed by atoms with E-state index >= 15 is 0 Å². The third-order valence-corrected chi connectivity index (χ3v) is 3.45. The third-order valence-electron chi connectivity index (χ3n) is 2.58. The molecule has 0 amide bonds. The smallest absolute Gasteiger partial charge is 0.151 e. The molecule has 0 unspecified atom stereocenters. The van der Waals surface area contributed by atoms with Crippen molar-refractivity contribution in [1.29, 1.82) is 0 Å². The van der Waals surface area contributed by atoms with Gasteiger partial charge >= 0.3 is 0 Å². The molecule has 2 heterocycles. The second kappa shape index (κ2) is 4.66. The number of thiazole rings is 1. The van der Waals surface area contributed by atoms with E-state index in [1.807, 2.05) is 35.7 Å². The minimum Gasteiger partial charge on any atom is -0.262 e. The van der Waals surface area contributed by atoms with Crippen LogP contribution >= 0.6 is 11.3 Å². The lowest BCUT2D eigenvalue weighted by atomic mass is 10.2. The summed E-state index contributed by atoms with van der Waals surface area (Å²) in [6.07, 6.45) is 2.78. The molecule has 2 nitrogen and oxygen atoms in total. The Morgan fingerprint density at radius 2 is 1.89 bits per heavy atom. The Balaban J connectivity index is 2.03. The molecule has 1 aromatic carbocycles. The molecule has 0 fully saturated rings. The van der Waals surface area contributed by atoms with E-state index < -0.39 is 0 Å². The van der Waals surface area contributed by atoms with Crippen LogP contribution in [0.3, 0.4) is 0 Å². The summed E-state index contributed by atoms with van der Waals surface area (Å²) in [5.41, 5.74) is 2.40. The number of pyridine rings is 1. The van der Waals surface area contributed by atoms with Crippen LogP contribution in [0, 0.1) is 5.82 Å². The van der Waals surface area contributed by atoms with Gasteiger partial charge in [-0.1, -0.05) is 30.3 Å². The summed E-state index contributed by atoms with van der Waals surface area (Å²) < 4.78 is 13.6. The second-order valence-corrected chi connectivity index (χ2v) is 4.62. The summed E-state index contributed by atoms with van der Waals surface area (Å²) in [5, 5.41) is 2.61. The van der Waals surface area contributed by atoms with E-state index in [0.29, 0.717) is 10.6 Å². The minimum absolute atomic E-state index is 0.341. The zero-order chi connectivity index (χ0) is 12.4. The lowest BCUT2D eigenvalue weighted by molar-refractivity contribution is 0.625. The van der Waals surface area contributed by atoms with Crippen LogP contribution in [0.2, 0.25) is 0 Å². The Morgan fingerprint density at radius 1 is 1.06 bits per heavy atom. The maximum Gasteiger partial charge on any atom is 0.151 e. The summed E-state index contributed by atoms with van der Waals surface area (Å²) in [4.78, 5) is 8.20. The van der Waals surface area contributed by atoms with Gasteiger partial charge in [0.1, 0.15) is 5.01 Å². The highest BCUT2D eigenvalue weighted by Gasteiger charge is 2.10. The number of benzene rings is 1. The molecule has 0 bridgehead atoms. The highest BCUT2D eigenvalue weighted by molar-refractivity contribution is 7.13. The zero-order valence-electron chi connectivity index (χ0n) is 9.38. The third kappa shape index (κ3) is 2.02. The normalized spacial score (nSPS) is 10.5. The number of hydrogen-bond acceptors (Lipinski definition) is 3. The van der Waals surface area contributed by atoms with Gasteiger partial charge in [0, 0.05) is 22.7 Å². The number of halogens is 1. The molecule has 0 saturated heterocycles. The van der Waals surface area contributed by atoms with E-state index in [0.717, 1.165) is 11.3 Å². The molecular formula is C14H9FN2S. The van der Waals surface area contributed by atoms with Crippen molar-refractivity contribution in [3.8, 4) is 21.8 Å². The summed E-state index contributed by atoms with van der Waals surface area (Å²) >= 11 is 1.43. The largest absolute Gasteiger partial charge is 0.262 e. The van der Waals surface area contributed by atoms with E-state index in [9.17, 15) is 4.39 Å². The van der Waals surface area contributed by atoms with E-state index in [-0.39, 0.29) is 5.82 Å². The Morgan fingerprint density at radius 3 is 2.67 bits per heavy atom. The van der Waals surface area contributed by atoms with Gasteiger partial charge in [-0.05, 0) is 6.07 Å². The molecule has 0 radical (unpaired) electrons. The van der Waals surface area contributed by atoms with Gasteiger partial charge in [-0.15, -0.1) is 11.3 Å². The average molecular weight is 256 g/mol. The highest BCUT2D eigenvalue weighted by atomic mass is 32.1. The van der Waals surface area contributed by atoms with Gasteiger partial charge in [0.25, 0.3) is 0 Å². The van der Waals surface area contributed by atoms with Crippen molar-refractivity contribution in [2.24, 2.45) is 0 Å². The maximum atomic E-state index is 13.6. The Kier molecular flexibility index (Phi) is 2.86. The zero-order valence-corrected chi connectivity index (χ0v) is 10.2. The molecule has 3 rings (SSSR count). The van der Waals surface area contributed by atoms with Crippen molar-refractivity contribution < 1.29 is 4.39 Å². The molecule has 0 aliphatic carbocycles. The minimum atomic E-state index is -0.341. The average Bonchev–Trinajstić information content (AvgIpc) is 2.90. The van der Waals surface area contributed by atoms with Crippen molar-refractivity contribution in [3.63, 3.8) is 0 Å². The van der Waals surface area contributed by atoms with Crippen LogP contribution in [-0.2, 0) is 0 Å². The molecule has 4 heteroatoms. The monoisotopic (exact) mass is 256 g/mol. The van der Waals surface area contributed by atoms with Crippen LogP contribution in [0.1, 0.15) is 0 Å². The fourth-order valence-corrected chi connectivity index (χ4v) is 2.54. The van der Waals surface area contributed by atoms with Gasteiger partial charge < -0.3 is 0 Å². The van der Waals surface area contributed by atoms with E-state index in [4.69, 9.17) is 0 Å². The Hall–Kier alpha value is -2.07. The molecular weight excluding hydrogens is 247 g/mol. The predicted octanol–water partition coefficient (Wildman–Crippen LogP) is 4.01. The fourth-order valence-electron chi connectivity index (χ4n) is 1.69. The fraction of sp³-hybridized carbons (Fsp3) is 0. The van der Waals surface area contributed by atoms with Crippen molar-refractivity contribution in [1.82, 2.24) is 9.97 Å². The number of aromatic nitrogens is 2. The predicted molar refractivity (Wildman–Crippen MR) is 70.7 cm³/mol. The van der Waals surface area contributed by atoms with Gasteiger partial charge in [-0.25, -0.2) is 9.37 Å². The van der Waals surface area contributed by atoms with Crippen LogP contribution in [0.5, 0.6) is 0 Å². The first-order valence-corrected chi connectivity index (χ1v) is 6.33. The van der Waals surface area contributed by atoms with Crippen LogP contribution in [0.4, 0.5) is 4.39 Å². The van der Waals surface area contributed by atoms with E-state index in [1.54, 1.807) is 12.3 Å². The first-order valence-electron chi connectivity index (χ1n) is 5.45. The maximum absolute atomic E-state index is 13.6. The molecule has 18 heavy (non-hydrogen) atoms. The molecule has 0 aliphatic rings. The van der Waals surface area contributed by atoms with Crippen LogP contribution in [0.15, 0.2) is 54.2 Å². The SMILES string of the molecule is Fc1cnccc1-c1nc(-c2ccccc2)cs1. The van der Waals surface area contributed by atoms with Crippen LogP contribution in [-0.4, -0.2) is 9.97 Å². The van der Waals surface area contributed by atoms with Gasteiger partial charge in [0.15, 0.2) is 5.82 Å². The standard InChI is InChI=1S/C14H9FN2S/c15-12-8-16-7-6-11(12)14-17-13(9-18-14)10-4-2-1-3-5-10/h1-9H. The summed E-state index contributed by atoms with van der Waals surface area (Å²) in [6.45, 7) is 0. The molecule has 0 atom stereocenters. The first kappa shape index (κ1) is 11.0. The molecule has 3 aromatic rings. The number of nitrogens with zero attached hydrogens (tertiary/aromatic N) is 2. The van der Waals surface area contributed by atoms with E-state index in [2.05, 4.69) is 9.97 Å². The molecule has 0 aliphatic heterocycles. The lowest BCUT2D eigenvalue weighted by Crippen LogP contribution is -1.85. The summed E-state index contributed by atoms with van der Waals surface area (Å²) in [6, 6.07) is 11.5. The topological polar surface area (TPSA) is 25.8 Å². The molecule has 0 saturated carbocycles. The van der Waals surface area contributed by atoms with Crippen molar-refractivity contribution in [3.05, 3.63) is 60.0 Å².